The zero-order chi connectivity index (χ0) is 13.1. The predicted octanol–water partition coefficient (Wildman–Crippen LogP) is -0.254. The normalized spacial score (nSPS) is 30.8. The molecule has 0 unspecified atom stereocenters. The molecular formula is C14H23N5. The van der Waals surface area contributed by atoms with Gasteiger partial charge in [0.15, 0.2) is 0 Å². The molecule has 0 aliphatic carbocycles. The van der Waals surface area contributed by atoms with E-state index in [2.05, 4.69) is 27.0 Å². The van der Waals surface area contributed by atoms with Gasteiger partial charge in [0.05, 0.1) is 0 Å². The molecule has 2 aliphatic rings. The van der Waals surface area contributed by atoms with E-state index < -0.39 is 0 Å². The summed E-state index contributed by atoms with van der Waals surface area (Å²) in [5, 5.41) is 10.7. The van der Waals surface area contributed by atoms with Gasteiger partial charge in [0, 0.05) is 30.9 Å². The Bertz CT molecular complexity index is 416. The Hall–Kier alpha value is -1.17. The lowest BCUT2D eigenvalue weighted by atomic mass is 9.96. The van der Waals surface area contributed by atoms with Gasteiger partial charge in [-0.3, -0.25) is 0 Å². The molecule has 0 aromatic carbocycles. The first-order valence-corrected chi connectivity index (χ1v) is 7.20. The molecule has 0 bridgehead atoms. The minimum atomic E-state index is 0.549. The monoisotopic (exact) mass is 261 g/mol. The van der Waals surface area contributed by atoms with Crippen LogP contribution in [0.2, 0.25) is 0 Å². The van der Waals surface area contributed by atoms with Gasteiger partial charge in [-0.25, -0.2) is 4.98 Å². The lowest BCUT2D eigenvalue weighted by Crippen LogP contribution is -2.44. The second kappa shape index (κ2) is 5.86. The van der Waals surface area contributed by atoms with Crippen molar-refractivity contribution in [2.75, 3.05) is 31.9 Å². The van der Waals surface area contributed by atoms with Crippen molar-refractivity contribution in [1.82, 2.24) is 20.9 Å². The second-order valence-electron chi connectivity index (χ2n) is 5.64. The topological polar surface area (TPSA) is 75.0 Å². The summed E-state index contributed by atoms with van der Waals surface area (Å²) in [6.07, 6.45) is 2.23. The number of hydrogen-bond donors (Lipinski definition) is 4. The summed E-state index contributed by atoms with van der Waals surface area (Å²) in [7, 11) is 0. The molecule has 0 spiro atoms. The minimum Gasteiger partial charge on any atom is -0.384 e. The Morgan fingerprint density at radius 3 is 3.00 bits per heavy atom. The predicted molar refractivity (Wildman–Crippen MR) is 76.9 cm³/mol. The Morgan fingerprint density at radius 1 is 1.26 bits per heavy atom. The van der Waals surface area contributed by atoms with Crippen LogP contribution >= 0.6 is 0 Å². The molecule has 0 amide bonds. The Kier molecular flexibility index (Phi) is 3.96. The number of rotatable bonds is 4. The molecule has 3 heterocycles. The van der Waals surface area contributed by atoms with Crippen molar-refractivity contribution >= 4 is 5.82 Å². The van der Waals surface area contributed by atoms with E-state index in [4.69, 9.17) is 5.73 Å². The molecule has 0 saturated carbocycles. The van der Waals surface area contributed by atoms with E-state index in [-0.39, 0.29) is 0 Å². The number of anilines is 1. The zero-order valence-corrected chi connectivity index (χ0v) is 11.2. The van der Waals surface area contributed by atoms with Gasteiger partial charge in [0.2, 0.25) is 0 Å². The highest BCUT2D eigenvalue weighted by atomic mass is 15.1. The fourth-order valence-electron chi connectivity index (χ4n) is 3.12. The number of nitrogens with two attached hydrogens (primary N) is 1. The molecule has 3 atom stereocenters. The molecule has 1 aromatic rings. The molecular weight excluding hydrogens is 238 g/mol. The number of nitrogens with one attached hydrogen (secondary N) is 3. The van der Waals surface area contributed by atoms with Gasteiger partial charge in [0.25, 0.3) is 0 Å². The van der Waals surface area contributed by atoms with Gasteiger partial charge >= 0.3 is 0 Å². The standard InChI is InChI=1S/C14H23N5/c15-14-3-1-2-11(19-14)6-10-7-17-9-13(10)18-12-4-5-16-8-12/h1-3,10,12-13,16-18H,4-9H2,(H2,15,19)/t10-,12-,13+/m0/s1. The van der Waals surface area contributed by atoms with E-state index in [9.17, 15) is 0 Å². The summed E-state index contributed by atoms with van der Waals surface area (Å²) in [6.45, 7) is 4.36. The van der Waals surface area contributed by atoms with Crippen LogP contribution < -0.4 is 21.7 Å². The van der Waals surface area contributed by atoms with Crippen LogP contribution in [0.3, 0.4) is 0 Å². The Balaban J connectivity index is 1.59. The van der Waals surface area contributed by atoms with Gasteiger partial charge in [-0.05, 0) is 44.0 Å². The molecule has 3 rings (SSSR count). The largest absolute Gasteiger partial charge is 0.384 e. The molecule has 5 N–H and O–H groups in total. The van der Waals surface area contributed by atoms with Crippen LogP contribution in [0.4, 0.5) is 5.82 Å². The fourth-order valence-corrected chi connectivity index (χ4v) is 3.12. The van der Waals surface area contributed by atoms with Crippen molar-refractivity contribution < 1.29 is 0 Å². The van der Waals surface area contributed by atoms with E-state index in [1.807, 2.05) is 12.1 Å². The number of pyridine rings is 1. The Labute approximate surface area is 114 Å². The van der Waals surface area contributed by atoms with Crippen LogP contribution in [0.15, 0.2) is 18.2 Å². The summed E-state index contributed by atoms with van der Waals surface area (Å²) in [6, 6.07) is 7.08. The van der Waals surface area contributed by atoms with Crippen LogP contribution in [0.5, 0.6) is 0 Å². The first kappa shape index (κ1) is 12.8. The van der Waals surface area contributed by atoms with E-state index in [1.54, 1.807) is 0 Å². The molecule has 2 saturated heterocycles. The van der Waals surface area contributed by atoms with Crippen LogP contribution in [-0.2, 0) is 6.42 Å². The maximum Gasteiger partial charge on any atom is 0.123 e. The molecule has 19 heavy (non-hydrogen) atoms. The summed E-state index contributed by atoms with van der Waals surface area (Å²) in [5.74, 6) is 1.22. The van der Waals surface area contributed by atoms with Crippen molar-refractivity contribution in [2.45, 2.75) is 24.9 Å². The third-order valence-electron chi connectivity index (χ3n) is 4.15. The molecule has 5 heteroatoms. The molecule has 5 nitrogen and oxygen atoms in total. The van der Waals surface area contributed by atoms with Crippen LogP contribution in [0.1, 0.15) is 12.1 Å². The van der Waals surface area contributed by atoms with E-state index in [0.717, 1.165) is 38.3 Å². The molecule has 2 fully saturated rings. The SMILES string of the molecule is Nc1cccc(C[C@H]2CNC[C@H]2N[C@H]2CCNC2)n1. The summed E-state index contributed by atoms with van der Waals surface area (Å²) < 4.78 is 0. The van der Waals surface area contributed by atoms with Crippen molar-refractivity contribution in [2.24, 2.45) is 5.92 Å². The van der Waals surface area contributed by atoms with E-state index in [0.29, 0.717) is 23.8 Å². The van der Waals surface area contributed by atoms with Crippen LogP contribution in [0.25, 0.3) is 0 Å². The highest BCUT2D eigenvalue weighted by molar-refractivity contribution is 5.29. The second-order valence-corrected chi connectivity index (χ2v) is 5.64. The van der Waals surface area contributed by atoms with Crippen LogP contribution in [0, 0.1) is 5.92 Å². The van der Waals surface area contributed by atoms with E-state index in [1.165, 1.54) is 6.42 Å². The van der Waals surface area contributed by atoms with Crippen LogP contribution in [-0.4, -0.2) is 43.2 Å². The highest BCUT2D eigenvalue weighted by Gasteiger charge is 2.30. The van der Waals surface area contributed by atoms with Crippen molar-refractivity contribution in [3.63, 3.8) is 0 Å². The number of nitrogen functional groups attached to an aromatic ring is 1. The number of aromatic nitrogens is 1. The quantitative estimate of drug-likeness (QED) is 0.601. The zero-order valence-electron chi connectivity index (χ0n) is 11.2. The third kappa shape index (κ3) is 3.23. The average Bonchev–Trinajstić information content (AvgIpc) is 3.03. The fraction of sp³-hybridized carbons (Fsp3) is 0.643. The van der Waals surface area contributed by atoms with Gasteiger partial charge < -0.3 is 21.7 Å². The third-order valence-corrected chi connectivity index (χ3v) is 4.15. The smallest absolute Gasteiger partial charge is 0.123 e. The number of nitrogens with zero attached hydrogens (tertiary/aromatic N) is 1. The van der Waals surface area contributed by atoms with Crippen molar-refractivity contribution in [3.05, 3.63) is 23.9 Å². The lowest BCUT2D eigenvalue weighted by molar-refractivity contribution is 0.381. The molecule has 104 valence electrons. The average molecular weight is 261 g/mol. The van der Waals surface area contributed by atoms with Gasteiger partial charge in [-0.15, -0.1) is 0 Å². The maximum atomic E-state index is 5.75. The van der Waals surface area contributed by atoms with Crippen molar-refractivity contribution in [3.8, 4) is 0 Å². The van der Waals surface area contributed by atoms with Gasteiger partial charge in [-0.2, -0.15) is 0 Å². The van der Waals surface area contributed by atoms with Crippen molar-refractivity contribution in [1.29, 1.82) is 0 Å². The first-order chi connectivity index (χ1) is 9.31. The molecule has 0 radical (unpaired) electrons. The molecule has 2 aliphatic heterocycles. The Morgan fingerprint density at radius 2 is 2.21 bits per heavy atom. The maximum absolute atomic E-state index is 5.75. The minimum absolute atomic E-state index is 0.549. The van der Waals surface area contributed by atoms with Gasteiger partial charge in [0.1, 0.15) is 5.82 Å². The summed E-state index contributed by atoms with van der Waals surface area (Å²) >= 11 is 0. The van der Waals surface area contributed by atoms with Gasteiger partial charge in [-0.1, -0.05) is 6.07 Å². The summed E-state index contributed by atoms with van der Waals surface area (Å²) in [5.41, 5.74) is 6.85. The summed E-state index contributed by atoms with van der Waals surface area (Å²) in [4.78, 5) is 4.41. The highest BCUT2D eigenvalue weighted by Crippen LogP contribution is 2.17. The molecule has 1 aromatic heterocycles. The lowest BCUT2D eigenvalue weighted by Gasteiger charge is -2.23. The first-order valence-electron chi connectivity index (χ1n) is 7.20. The number of hydrogen-bond acceptors (Lipinski definition) is 5. The van der Waals surface area contributed by atoms with E-state index >= 15 is 0 Å².